The number of halogens is 1. The Labute approximate surface area is 173 Å². The molecule has 1 atom stereocenters. The van der Waals surface area contributed by atoms with E-state index in [0.717, 1.165) is 0 Å². The highest BCUT2D eigenvalue weighted by atomic mass is 19.1. The minimum atomic E-state index is -0.474. The summed E-state index contributed by atoms with van der Waals surface area (Å²) in [6.45, 7) is 8.95. The van der Waals surface area contributed by atoms with Gasteiger partial charge >= 0.3 is 0 Å². The molecule has 1 aliphatic heterocycles. The van der Waals surface area contributed by atoms with Crippen LogP contribution in [0.1, 0.15) is 48.6 Å². The van der Waals surface area contributed by atoms with Crippen molar-refractivity contribution in [2.45, 2.75) is 40.3 Å². The molecule has 1 aliphatic rings. The highest BCUT2D eigenvalue weighted by Gasteiger charge is 2.38. The van der Waals surface area contributed by atoms with Crippen molar-refractivity contribution >= 4 is 16.8 Å². The van der Waals surface area contributed by atoms with E-state index in [2.05, 4.69) is 18.9 Å². The number of fused-ring (bicyclic) bond motifs is 3. The van der Waals surface area contributed by atoms with Crippen LogP contribution in [0.15, 0.2) is 29.1 Å². The van der Waals surface area contributed by atoms with Gasteiger partial charge in [-0.1, -0.05) is 26.0 Å². The number of amides is 1. The van der Waals surface area contributed by atoms with Gasteiger partial charge in [0.1, 0.15) is 11.2 Å². The molecule has 0 saturated carbocycles. The van der Waals surface area contributed by atoms with Gasteiger partial charge in [0, 0.05) is 13.1 Å². The first-order valence-electron chi connectivity index (χ1n) is 10.1. The largest absolute Gasteiger partial charge is 0.505 e. The molecule has 158 valence electrons. The van der Waals surface area contributed by atoms with Gasteiger partial charge in [-0.15, -0.1) is 0 Å². The van der Waals surface area contributed by atoms with Gasteiger partial charge in [-0.05, 0) is 37.5 Å². The Morgan fingerprint density at radius 2 is 1.90 bits per heavy atom. The van der Waals surface area contributed by atoms with Gasteiger partial charge in [0.15, 0.2) is 11.4 Å². The van der Waals surface area contributed by atoms with Crippen LogP contribution in [0.4, 0.5) is 4.39 Å². The number of aryl methyl sites for hydroxylation is 1. The van der Waals surface area contributed by atoms with Crippen molar-refractivity contribution in [2.24, 2.45) is 5.92 Å². The molecule has 0 bridgehead atoms. The third-order valence-corrected chi connectivity index (χ3v) is 5.87. The number of aromatic hydroxyl groups is 1. The van der Waals surface area contributed by atoms with Crippen molar-refractivity contribution in [2.75, 3.05) is 13.1 Å². The van der Waals surface area contributed by atoms with E-state index in [1.54, 1.807) is 28.5 Å². The monoisotopic (exact) mass is 412 g/mol. The Morgan fingerprint density at radius 1 is 1.23 bits per heavy atom. The maximum absolute atomic E-state index is 13.3. The second-order valence-corrected chi connectivity index (χ2v) is 8.12. The van der Waals surface area contributed by atoms with Gasteiger partial charge in [-0.3, -0.25) is 9.59 Å². The number of aromatic nitrogens is 3. The molecule has 0 unspecified atom stereocenters. The topological polar surface area (TPSA) is 80.4 Å². The van der Waals surface area contributed by atoms with Gasteiger partial charge < -0.3 is 14.6 Å². The van der Waals surface area contributed by atoms with Crippen molar-refractivity contribution in [3.63, 3.8) is 0 Å². The van der Waals surface area contributed by atoms with Crippen LogP contribution in [-0.2, 0) is 6.54 Å². The molecule has 7 nitrogen and oxygen atoms in total. The maximum Gasteiger partial charge on any atom is 0.280 e. The Morgan fingerprint density at radius 3 is 2.50 bits per heavy atom. The summed E-state index contributed by atoms with van der Waals surface area (Å²) < 4.78 is 16.3. The number of rotatable bonds is 4. The standard InChI is InChI=1S/C22H25FN4O3/c1-5-25-11-16(12(2)3)27-18-13(4)24-26(10-14-6-8-15(23)9-7-14)21(29)17(18)20(28)19(27)22(25)30/h6-9,12,16,28H,5,10-11H2,1-4H3/t16-/m1/s1. The van der Waals surface area contributed by atoms with Gasteiger partial charge in [-0.2, -0.15) is 5.10 Å². The predicted molar refractivity (Wildman–Crippen MR) is 111 cm³/mol. The van der Waals surface area contributed by atoms with Crippen LogP contribution in [0.25, 0.3) is 10.9 Å². The van der Waals surface area contributed by atoms with Crippen LogP contribution in [0.2, 0.25) is 0 Å². The van der Waals surface area contributed by atoms with Crippen molar-refractivity contribution < 1.29 is 14.3 Å². The smallest absolute Gasteiger partial charge is 0.280 e. The van der Waals surface area contributed by atoms with E-state index in [9.17, 15) is 19.1 Å². The molecule has 1 aromatic carbocycles. The van der Waals surface area contributed by atoms with Crippen LogP contribution in [0, 0.1) is 18.7 Å². The van der Waals surface area contributed by atoms with Crippen molar-refractivity contribution in [1.29, 1.82) is 0 Å². The fraction of sp³-hybridized carbons (Fsp3) is 0.409. The number of likely N-dealkylation sites (N-methyl/N-ethyl adjacent to an activating group) is 1. The third kappa shape index (κ3) is 2.98. The van der Waals surface area contributed by atoms with Crippen LogP contribution in [0.5, 0.6) is 5.75 Å². The fourth-order valence-corrected chi connectivity index (χ4v) is 4.27. The molecule has 8 heteroatoms. The molecule has 3 aromatic rings. The summed E-state index contributed by atoms with van der Waals surface area (Å²) in [5, 5.41) is 15.6. The number of carbonyl (C=O) groups excluding carboxylic acids is 1. The third-order valence-electron chi connectivity index (χ3n) is 5.87. The minimum Gasteiger partial charge on any atom is -0.505 e. The average molecular weight is 412 g/mol. The van der Waals surface area contributed by atoms with Crippen LogP contribution < -0.4 is 5.56 Å². The predicted octanol–water partition coefficient (Wildman–Crippen LogP) is 3.07. The zero-order chi connectivity index (χ0) is 21.7. The number of carbonyl (C=O) groups is 1. The summed E-state index contributed by atoms with van der Waals surface area (Å²) in [5.41, 5.74) is 1.44. The number of hydrogen-bond acceptors (Lipinski definition) is 4. The van der Waals surface area contributed by atoms with E-state index in [4.69, 9.17) is 0 Å². The maximum atomic E-state index is 13.3. The molecule has 1 N–H and O–H groups in total. The molecule has 4 rings (SSSR count). The van der Waals surface area contributed by atoms with E-state index in [1.807, 2.05) is 6.92 Å². The number of hydrogen-bond donors (Lipinski definition) is 1. The summed E-state index contributed by atoms with van der Waals surface area (Å²) >= 11 is 0. The van der Waals surface area contributed by atoms with E-state index in [0.29, 0.717) is 29.9 Å². The molecule has 2 aromatic heterocycles. The lowest BCUT2D eigenvalue weighted by Crippen LogP contribution is -2.44. The van der Waals surface area contributed by atoms with Crippen LogP contribution >= 0.6 is 0 Å². The molecule has 0 spiro atoms. The first-order chi connectivity index (χ1) is 14.2. The summed E-state index contributed by atoms with van der Waals surface area (Å²) in [4.78, 5) is 28.0. The molecule has 1 amide bonds. The molecule has 3 heterocycles. The Hall–Kier alpha value is -3.16. The zero-order valence-corrected chi connectivity index (χ0v) is 17.5. The SMILES string of the molecule is CCN1C[C@H](C(C)C)n2c(c(O)c3c(=O)n(Cc4ccc(F)cc4)nc(C)c32)C1=O. The Balaban J connectivity index is 1.96. The zero-order valence-electron chi connectivity index (χ0n) is 17.5. The van der Waals surface area contributed by atoms with E-state index in [1.165, 1.54) is 16.8 Å². The number of benzene rings is 1. The van der Waals surface area contributed by atoms with Crippen molar-refractivity contribution in [3.05, 3.63) is 57.4 Å². The molecule has 0 radical (unpaired) electrons. The van der Waals surface area contributed by atoms with Crippen molar-refractivity contribution in [1.82, 2.24) is 19.2 Å². The first kappa shape index (κ1) is 20.1. The average Bonchev–Trinajstić information content (AvgIpc) is 3.02. The summed E-state index contributed by atoms with van der Waals surface area (Å²) in [6, 6.07) is 5.75. The highest BCUT2D eigenvalue weighted by molar-refractivity contribution is 6.05. The van der Waals surface area contributed by atoms with Gasteiger partial charge in [0.2, 0.25) is 0 Å². The van der Waals surface area contributed by atoms with Crippen LogP contribution in [-0.4, -0.2) is 43.4 Å². The van der Waals surface area contributed by atoms with E-state index in [-0.39, 0.29) is 47.1 Å². The Kier molecular flexibility index (Phi) is 4.88. The van der Waals surface area contributed by atoms with Crippen molar-refractivity contribution in [3.8, 4) is 5.75 Å². The molecule has 30 heavy (non-hydrogen) atoms. The molecule has 0 saturated heterocycles. The minimum absolute atomic E-state index is 0.0751. The Bertz CT molecular complexity index is 1190. The van der Waals surface area contributed by atoms with Gasteiger partial charge in [0.25, 0.3) is 11.5 Å². The normalized spacial score (nSPS) is 16.5. The quantitative estimate of drug-likeness (QED) is 0.714. The number of nitrogens with zero attached hydrogens (tertiary/aromatic N) is 4. The first-order valence-corrected chi connectivity index (χ1v) is 10.1. The molecule has 0 aliphatic carbocycles. The lowest BCUT2D eigenvalue weighted by atomic mass is 10.0. The highest BCUT2D eigenvalue weighted by Crippen LogP contribution is 2.39. The molecular formula is C22H25FN4O3. The molecular weight excluding hydrogens is 387 g/mol. The van der Waals surface area contributed by atoms with Gasteiger partial charge in [0.05, 0.1) is 23.8 Å². The molecule has 0 fully saturated rings. The lowest BCUT2D eigenvalue weighted by Gasteiger charge is -2.36. The second kappa shape index (κ2) is 7.27. The van der Waals surface area contributed by atoms with Gasteiger partial charge in [-0.25, -0.2) is 9.07 Å². The fourth-order valence-electron chi connectivity index (χ4n) is 4.27. The van der Waals surface area contributed by atoms with E-state index >= 15 is 0 Å². The van der Waals surface area contributed by atoms with Crippen LogP contribution in [0.3, 0.4) is 0 Å². The summed E-state index contributed by atoms with van der Waals surface area (Å²) in [7, 11) is 0. The second-order valence-electron chi connectivity index (χ2n) is 8.12. The summed E-state index contributed by atoms with van der Waals surface area (Å²) in [6.07, 6.45) is 0. The summed E-state index contributed by atoms with van der Waals surface area (Å²) in [5.74, 6) is -0.752. The lowest BCUT2D eigenvalue weighted by molar-refractivity contribution is 0.0654. The van der Waals surface area contributed by atoms with E-state index < -0.39 is 5.56 Å².